The van der Waals surface area contributed by atoms with Crippen molar-refractivity contribution in [1.82, 2.24) is 0 Å². The van der Waals surface area contributed by atoms with Gasteiger partial charge in [0.15, 0.2) is 0 Å². The summed E-state index contributed by atoms with van der Waals surface area (Å²) in [5.41, 5.74) is 1.04. The second-order valence-corrected chi connectivity index (χ2v) is 2.74. The average Bonchev–Trinajstić information content (AvgIpc) is 2.26. The van der Waals surface area contributed by atoms with Crippen LogP contribution in [0.3, 0.4) is 0 Å². The monoisotopic (exact) mass is 197 g/mol. The fraction of sp³-hybridized carbons (Fsp3) is 0. The Balaban J connectivity index is 3.05. The van der Waals surface area contributed by atoms with Gasteiger partial charge in [-0.25, -0.2) is 4.79 Å². The molecule has 0 heterocycles. The van der Waals surface area contributed by atoms with Crippen molar-refractivity contribution >= 4 is 12.0 Å². The summed E-state index contributed by atoms with van der Waals surface area (Å²) in [6.07, 6.45) is 6.46. The number of rotatable bonds is 2. The van der Waals surface area contributed by atoms with Gasteiger partial charge >= 0.3 is 5.97 Å². The molecule has 0 spiro atoms. The molecule has 0 aliphatic rings. The lowest BCUT2D eigenvalue weighted by molar-refractivity contribution is -0.132. The van der Waals surface area contributed by atoms with E-state index in [1.165, 1.54) is 6.08 Å². The summed E-state index contributed by atoms with van der Waals surface area (Å²) in [6, 6.07) is 8.29. The molecule has 1 rings (SSSR count). The van der Waals surface area contributed by atoms with Crippen LogP contribution in [0, 0.1) is 23.7 Å². The van der Waals surface area contributed by atoms with Crippen molar-refractivity contribution < 1.29 is 9.90 Å². The number of nitriles is 1. The molecular weight excluding hydrogens is 190 g/mol. The van der Waals surface area contributed by atoms with E-state index in [9.17, 15) is 4.79 Å². The highest BCUT2D eigenvalue weighted by molar-refractivity contribution is 5.96. The summed E-state index contributed by atoms with van der Waals surface area (Å²) in [7, 11) is 0. The van der Waals surface area contributed by atoms with Crippen LogP contribution in [0.25, 0.3) is 6.08 Å². The maximum Gasteiger partial charge on any atom is 0.346 e. The summed E-state index contributed by atoms with van der Waals surface area (Å²) >= 11 is 0. The van der Waals surface area contributed by atoms with Gasteiger partial charge in [-0.15, -0.1) is 6.42 Å². The van der Waals surface area contributed by atoms with Gasteiger partial charge in [-0.3, -0.25) is 0 Å². The van der Waals surface area contributed by atoms with E-state index in [0.717, 1.165) is 0 Å². The molecule has 0 unspecified atom stereocenters. The zero-order valence-electron chi connectivity index (χ0n) is 7.77. The van der Waals surface area contributed by atoms with Crippen LogP contribution in [0.2, 0.25) is 0 Å². The number of hydrogen-bond acceptors (Lipinski definition) is 2. The molecule has 0 aliphatic carbocycles. The maximum absolute atomic E-state index is 10.5. The molecule has 1 aromatic rings. The SMILES string of the molecule is C#Cc1ccc(/C=C(/C#N)C(=O)O)cc1. The summed E-state index contributed by atoms with van der Waals surface area (Å²) in [5, 5.41) is 17.1. The second-order valence-electron chi connectivity index (χ2n) is 2.74. The molecule has 0 amide bonds. The normalized spacial score (nSPS) is 10.1. The maximum atomic E-state index is 10.5. The Bertz CT molecular complexity index is 484. The Morgan fingerprint density at radius 3 is 2.40 bits per heavy atom. The molecule has 0 aliphatic heterocycles. The summed E-state index contributed by atoms with van der Waals surface area (Å²) in [4.78, 5) is 10.5. The molecule has 3 nitrogen and oxygen atoms in total. The Labute approximate surface area is 87.3 Å². The predicted molar refractivity (Wildman–Crippen MR) is 55.6 cm³/mol. The molecule has 0 atom stereocenters. The highest BCUT2D eigenvalue weighted by Gasteiger charge is 2.04. The van der Waals surface area contributed by atoms with Gasteiger partial charge in [-0.2, -0.15) is 5.26 Å². The first-order valence-corrected chi connectivity index (χ1v) is 4.09. The minimum Gasteiger partial charge on any atom is -0.477 e. The third-order valence-electron chi connectivity index (χ3n) is 1.74. The number of aliphatic carboxylic acids is 1. The summed E-state index contributed by atoms with van der Waals surface area (Å²) < 4.78 is 0. The standard InChI is InChI=1S/C12H7NO2/c1-2-9-3-5-10(6-4-9)7-11(8-13)12(14)15/h1,3-7H,(H,14,15)/b11-7-. The van der Waals surface area contributed by atoms with Gasteiger partial charge < -0.3 is 5.11 Å². The van der Waals surface area contributed by atoms with E-state index in [0.29, 0.717) is 11.1 Å². The van der Waals surface area contributed by atoms with Crippen molar-refractivity contribution in [2.75, 3.05) is 0 Å². The number of hydrogen-bond donors (Lipinski definition) is 1. The molecule has 0 bridgehead atoms. The lowest BCUT2D eigenvalue weighted by atomic mass is 10.1. The number of nitrogens with zero attached hydrogens (tertiary/aromatic N) is 1. The molecule has 0 saturated heterocycles. The molecule has 15 heavy (non-hydrogen) atoms. The van der Waals surface area contributed by atoms with E-state index in [1.807, 2.05) is 0 Å². The van der Waals surface area contributed by atoms with E-state index in [2.05, 4.69) is 5.92 Å². The van der Waals surface area contributed by atoms with Gasteiger partial charge in [0.25, 0.3) is 0 Å². The fourth-order valence-electron chi connectivity index (χ4n) is 0.984. The van der Waals surface area contributed by atoms with Crippen LogP contribution in [-0.2, 0) is 4.79 Å². The zero-order valence-corrected chi connectivity index (χ0v) is 7.77. The molecule has 0 saturated carbocycles. The van der Waals surface area contributed by atoms with E-state index in [1.54, 1.807) is 30.3 Å². The molecule has 1 aromatic carbocycles. The van der Waals surface area contributed by atoms with Crippen molar-refractivity contribution in [2.24, 2.45) is 0 Å². The van der Waals surface area contributed by atoms with E-state index in [-0.39, 0.29) is 5.57 Å². The molecule has 0 fully saturated rings. The first kappa shape index (κ1) is 10.6. The number of benzene rings is 1. The van der Waals surface area contributed by atoms with E-state index < -0.39 is 5.97 Å². The van der Waals surface area contributed by atoms with Crippen molar-refractivity contribution in [1.29, 1.82) is 5.26 Å². The predicted octanol–water partition coefficient (Wildman–Crippen LogP) is 1.66. The Morgan fingerprint density at radius 2 is 2.00 bits per heavy atom. The van der Waals surface area contributed by atoms with Crippen LogP contribution in [0.5, 0.6) is 0 Å². The smallest absolute Gasteiger partial charge is 0.346 e. The third kappa shape index (κ3) is 2.72. The van der Waals surface area contributed by atoms with Crippen LogP contribution in [-0.4, -0.2) is 11.1 Å². The number of carboxylic acids is 1. The molecule has 1 N–H and O–H groups in total. The topological polar surface area (TPSA) is 61.1 Å². The van der Waals surface area contributed by atoms with Gasteiger partial charge in [-0.1, -0.05) is 18.1 Å². The summed E-state index contributed by atoms with van der Waals surface area (Å²) in [6.45, 7) is 0. The lowest BCUT2D eigenvalue weighted by Crippen LogP contribution is -1.97. The third-order valence-corrected chi connectivity index (χ3v) is 1.74. The van der Waals surface area contributed by atoms with Crippen LogP contribution >= 0.6 is 0 Å². The van der Waals surface area contributed by atoms with Gasteiger partial charge in [0.1, 0.15) is 11.6 Å². The Hall–Kier alpha value is -2.52. The molecular formula is C12H7NO2. The minimum atomic E-state index is -1.24. The van der Waals surface area contributed by atoms with Crippen molar-refractivity contribution in [3.05, 3.63) is 41.0 Å². The number of terminal acetylenes is 1. The first-order valence-electron chi connectivity index (χ1n) is 4.09. The molecule has 0 radical (unpaired) electrons. The fourth-order valence-corrected chi connectivity index (χ4v) is 0.984. The second kappa shape index (κ2) is 4.64. The van der Waals surface area contributed by atoms with Crippen LogP contribution < -0.4 is 0 Å². The van der Waals surface area contributed by atoms with Gasteiger partial charge in [0.05, 0.1) is 0 Å². The minimum absolute atomic E-state index is 0.302. The van der Waals surface area contributed by atoms with Gasteiger partial charge in [0, 0.05) is 5.56 Å². The largest absolute Gasteiger partial charge is 0.477 e. The van der Waals surface area contributed by atoms with E-state index in [4.69, 9.17) is 16.8 Å². The van der Waals surface area contributed by atoms with Crippen LogP contribution in [0.4, 0.5) is 0 Å². The van der Waals surface area contributed by atoms with E-state index >= 15 is 0 Å². The van der Waals surface area contributed by atoms with Gasteiger partial charge in [0.2, 0.25) is 0 Å². The number of carboxylic acid groups (broad SMARTS) is 1. The summed E-state index contributed by atoms with van der Waals surface area (Å²) in [5.74, 6) is 1.20. The van der Waals surface area contributed by atoms with Crippen molar-refractivity contribution in [3.63, 3.8) is 0 Å². The van der Waals surface area contributed by atoms with Crippen LogP contribution in [0.1, 0.15) is 11.1 Å². The highest BCUT2D eigenvalue weighted by atomic mass is 16.4. The molecule has 0 aromatic heterocycles. The van der Waals surface area contributed by atoms with Gasteiger partial charge in [-0.05, 0) is 23.8 Å². The Morgan fingerprint density at radius 1 is 1.40 bits per heavy atom. The quantitative estimate of drug-likeness (QED) is 0.445. The lowest BCUT2D eigenvalue weighted by Gasteiger charge is -1.94. The zero-order chi connectivity index (χ0) is 11.3. The number of carbonyl (C=O) groups is 1. The van der Waals surface area contributed by atoms with Crippen LogP contribution in [0.15, 0.2) is 29.8 Å². The average molecular weight is 197 g/mol. The Kier molecular flexibility index (Phi) is 3.27. The van der Waals surface area contributed by atoms with Crippen molar-refractivity contribution in [2.45, 2.75) is 0 Å². The van der Waals surface area contributed by atoms with Crippen molar-refractivity contribution in [3.8, 4) is 18.4 Å². The molecule has 72 valence electrons. The molecule has 3 heteroatoms. The highest BCUT2D eigenvalue weighted by Crippen LogP contribution is 2.08. The first-order chi connectivity index (χ1) is 7.17.